The van der Waals surface area contributed by atoms with Crippen molar-refractivity contribution in [3.05, 3.63) is 29.0 Å². The lowest BCUT2D eigenvalue weighted by atomic mass is 10.0. The minimum absolute atomic E-state index is 0.244. The molecule has 4 nitrogen and oxygen atoms in total. The lowest BCUT2D eigenvalue weighted by molar-refractivity contribution is 0.644. The summed E-state index contributed by atoms with van der Waals surface area (Å²) in [6.07, 6.45) is 3.93. The zero-order valence-electron chi connectivity index (χ0n) is 8.57. The van der Waals surface area contributed by atoms with Crippen LogP contribution >= 0.6 is 15.9 Å². The van der Waals surface area contributed by atoms with Crippen molar-refractivity contribution in [3.8, 4) is 6.07 Å². The molecule has 5 heteroatoms. The largest absolute Gasteiger partial charge is 0.359 e. The van der Waals surface area contributed by atoms with Gasteiger partial charge in [0.2, 0.25) is 0 Å². The molecule has 1 aliphatic rings. The highest BCUT2D eigenvalue weighted by molar-refractivity contribution is 9.08. The van der Waals surface area contributed by atoms with E-state index in [0.29, 0.717) is 17.6 Å². The van der Waals surface area contributed by atoms with Crippen LogP contribution in [0.3, 0.4) is 0 Å². The molecule has 1 heterocycles. The summed E-state index contributed by atoms with van der Waals surface area (Å²) in [5.74, 6) is 0.299. The average Bonchev–Trinajstić information content (AvgIpc) is 3.09. The van der Waals surface area contributed by atoms with Crippen LogP contribution in [0.2, 0.25) is 0 Å². The third-order valence-corrected chi connectivity index (χ3v) is 3.29. The number of nitriles is 1. The van der Waals surface area contributed by atoms with Gasteiger partial charge in [-0.2, -0.15) is 5.26 Å². The molecular weight excluding hydrogens is 268 g/mol. The highest BCUT2D eigenvalue weighted by Crippen LogP contribution is 2.47. The van der Waals surface area contributed by atoms with E-state index in [1.165, 1.54) is 6.20 Å². The van der Waals surface area contributed by atoms with Crippen molar-refractivity contribution in [1.29, 1.82) is 5.26 Å². The van der Waals surface area contributed by atoms with Crippen molar-refractivity contribution in [2.75, 3.05) is 0 Å². The van der Waals surface area contributed by atoms with Crippen LogP contribution < -0.4 is 0 Å². The van der Waals surface area contributed by atoms with Gasteiger partial charge in [0.25, 0.3) is 5.82 Å². The first-order valence-corrected chi connectivity index (χ1v) is 6.05. The maximum absolute atomic E-state index is 9.04. The van der Waals surface area contributed by atoms with E-state index >= 15 is 0 Å². The maximum atomic E-state index is 9.04. The molecule has 1 aliphatic carbocycles. The Labute approximate surface area is 102 Å². The monoisotopic (exact) mass is 276 g/mol. The van der Waals surface area contributed by atoms with Crippen molar-refractivity contribution >= 4 is 21.7 Å². The second kappa shape index (κ2) is 4.19. The standard InChI is InChI=1S/C11H9BrN4/c1-14-10-6-15-9(5-12)8(16-10)4-11(7-13)2-3-11/h6H,2-5H2. The van der Waals surface area contributed by atoms with Crippen LogP contribution in [0.4, 0.5) is 5.82 Å². The molecule has 0 saturated heterocycles. The number of nitrogens with zero attached hydrogens (tertiary/aromatic N) is 4. The quantitative estimate of drug-likeness (QED) is 0.630. The van der Waals surface area contributed by atoms with E-state index in [9.17, 15) is 0 Å². The lowest BCUT2D eigenvalue weighted by Crippen LogP contribution is -2.07. The van der Waals surface area contributed by atoms with Crippen LogP contribution in [0.5, 0.6) is 0 Å². The van der Waals surface area contributed by atoms with Crippen LogP contribution in [0.25, 0.3) is 4.85 Å². The summed E-state index contributed by atoms with van der Waals surface area (Å²) in [4.78, 5) is 11.7. The topological polar surface area (TPSA) is 53.9 Å². The van der Waals surface area contributed by atoms with Crippen LogP contribution in [-0.2, 0) is 11.8 Å². The molecule has 0 spiro atoms. The lowest BCUT2D eigenvalue weighted by Gasteiger charge is -2.05. The van der Waals surface area contributed by atoms with Gasteiger partial charge in [-0.1, -0.05) is 22.5 Å². The summed E-state index contributed by atoms with van der Waals surface area (Å²) in [5, 5.41) is 9.64. The summed E-state index contributed by atoms with van der Waals surface area (Å²) in [6, 6.07) is 2.33. The third kappa shape index (κ3) is 2.05. The summed E-state index contributed by atoms with van der Waals surface area (Å²) in [6.45, 7) is 6.91. The predicted octanol–water partition coefficient (Wildman–Crippen LogP) is 2.77. The first-order valence-electron chi connectivity index (χ1n) is 4.92. The van der Waals surface area contributed by atoms with Crippen molar-refractivity contribution in [3.63, 3.8) is 0 Å². The number of halogens is 1. The van der Waals surface area contributed by atoms with Gasteiger partial charge in [-0.15, -0.1) is 4.98 Å². The summed E-state index contributed by atoms with van der Waals surface area (Å²) in [7, 11) is 0. The molecule has 1 aromatic rings. The molecule has 0 atom stereocenters. The number of hydrogen-bond acceptors (Lipinski definition) is 3. The van der Waals surface area contributed by atoms with E-state index in [-0.39, 0.29) is 5.41 Å². The molecule has 0 aromatic carbocycles. The SMILES string of the molecule is [C-]#[N+]c1cnc(CBr)c(CC2(C#N)CC2)n1. The Balaban J connectivity index is 2.32. The molecule has 1 saturated carbocycles. The van der Waals surface area contributed by atoms with Gasteiger partial charge in [-0.25, -0.2) is 0 Å². The summed E-state index contributed by atoms with van der Waals surface area (Å²) in [5.41, 5.74) is 1.37. The van der Waals surface area contributed by atoms with Crippen molar-refractivity contribution in [2.24, 2.45) is 5.41 Å². The van der Waals surface area contributed by atoms with E-state index < -0.39 is 0 Å². The molecule has 0 radical (unpaired) electrons. The molecule has 1 fully saturated rings. The van der Waals surface area contributed by atoms with E-state index in [0.717, 1.165) is 24.2 Å². The first-order chi connectivity index (χ1) is 7.73. The number of rotatable bonds is 3. The fourth-order valence-corrected chi connectivity index (χ4v) is 2.02. The van der Waals surface area contributed by atoms with Gasteiger partial charge in [-0.05, 0) is 12.8 Å². The smallest absolute Gasteiger partial charge is 0.288 e. The molecule has 1 aromatic heterocycles. The minimum atomic E-state index is -0.244. The molecule has 16 heavy (non-hydrogen) atoms. The fraction of sp³-hybridized carbons (Fsp3) is 0.455. The predicted molar refractivity (Wildman–Crippen MR) is 61.9 cm³/mol. The highest BCUT2D eigenvalue weighted by atomic mass is 79.9. The van der Waals surface area contributed by atoms with Crippen LogP contribution in [0, 0.1) is 23.3 Å². The van der Waals surface area contributed by atoms with Crippen LogP contribution in [-0.4, -0.2) is 9.97 Å². The van der Waals surface area contributed by atoms with Crippen molar-refractivity contribution < 1.29 is 0 Å². The molecule has 0 amide bonds. The maximum Gasteiger partial charge on any atom is 0.288 e. The molecule has 2 rings (SSSR count). The van der Waals surface area contributed by atoms with Gasteiger partial charge >= 0.3 is 0 Å². The average molecular weight is 277 g/mol. The Hall–Kier alpha value is -1.46. The highest BCUT2D eigenvalue weighted by Gasteiger charge is 2.44. The number of hydrogen-bond donors (Lipinski definition) is 0. The van der Waals surface area contributed by atoms with Crippen LogP contribution in [0.1, 0.15) is 24.2 Å². The second-order valence-electron chi connectivity index (χ2n) is 3.94. The third-order valence-electron chi connectivity index (χ3n) is 2.76. The van der Waals surface area contributed by atoms with E-state index in [2.05, 4.69) is 36.8 Å². The molecule has 0 bridgehead atoms. The zero-order chi connectivity index (χ0) is 11.6. The summed E-state index contributed by atoms with van der Waals surface area (Å²) >= 11 is 3.34. The Morgan fingerprint density at radius 3 is 2.81 bits per heavy atom. The van der Waals surface area contributed by atoms with Gasteiger partial charge in [0.05, 0.1) is 23.4 Å². The molecule has 80 valence electrons. The van der Waals surface area contributed by atoms with E-state index in [1.807, 2.05) is 0 Å². The number of alkyl halides is 1. The Kier molecular flexibility index (Phi) is 2.89. The van der Waals surface area contributed by atoms with Crippen LogP contribution in [0.15, 0.2) is 6.20 Å². The molecule has 0 aliphatic heterocycles. The van der Waals surface area contributed by atoms with Gasteiger partial charge in [0.15, 0.2) is 5.69 Å². The van der Waals surface area contributed by atoms with E-state index in [4.69, 9.17) is 11.8 Å². The van der Waals surface area contributed by atoms with E-state index in [1.54, 1.807) is 0 Å². The van der Waals surface area contributed by atoms with Gasteiger partial charge in [-0.3, -0.25) is 4.98 Å². The van der Waals surface area contributed by atoms with Gasteiger partial charge in [0.1, 0.15) is 0 Å². The van der Waals surface area contributed by atoms with Gasteiger partial charge < -0.3 is 4.85 Å². The zero-order valence-corrected chi connectivity index (χ0v) is 10.2. The van der Waals surface area contributed by atoms with Crippen molar-refractivity contribution in [2.45, 2.75) is 24.6 Å². The Morgan fingerprint density at radius 1 is 1.56 bits per heavy atom. The summed E-state index contributed by atoms with van der Waals surface area (Å²) < 4.78 is 0. The first kappa shape index (κ1) is 11.0. The molecule has 0 unspecified atom stereocenters. The van der Waals surface area contributed by atoms with Crippen molar-refractivity contribution in [1.82, 2.24) is 9.97 Å². The minimum Gasteiger partial charge on any atom is -0.359 e. The normalized spacial score (nSPS) is 16.2. The Bertz CT molecular complexity index is 494. The second-order valence-corrected chi connectivity index (χ2v) is 4.50. The Morgan fingerprint density at radius 2 is 2.31 bits per heavy atom. The molecule has 0 N–H and O–H groups in total. The number of aromatic nitrogens is 2. The fourth-order valence-electron chi connectivity index (χ4n) is 1.55. The molecular formula is C11H9BrN4. The van der Waals surface area contributed by atoms with Gasteiger partial charge in [0, 0.05) is 11.8 Å².